The van der Waals surface area contributed by atoms with Gasteiger partial charge in [-0.15, -0.1) is 5.10 Å². The van der Waals surface area contributed by atoms with Crippen molar-refractivity contribution in [2.75, 3.05) is 7.11 Å². The van der Waals surface area contributed by atoms with Gasteiger partial charge in [0.05, 0.1) is 30.7 Å². The number of rotatable bonds is 6. The van der Waals surface area contributed by atoms with Crippen LogP contribution in [-0.4, -0.2) is 41.9 Å². The van der Waals surface area contributed by atoms with Gasteiger partial charge in [-0.25, -0.2) is 4.98 Å². The first-order valence-electron chi connectivity index (χ1n) is 9.01. The molecule has 0 saturated carbocycles. The van der Waals surface area contributed by atoms with Gasteiger partial charge in [-0.1, -0.05) is 5.21 Å². The van der Waals surface area contributed by atoms with Crippen LogP contribution < -0.4 is 4.74 Å². The zero-order valence-electron chi connectivity index (χ0n) is 16.1. The highest BCUT2D eigenvalue weighted by atomic mass is 16.5. The molecular weight excluding hydrogens is 354 g/mol. The van der Waals surface area contributed by atoms with Gasteiger partial charge in [0.25, 0.3) is 0 Å². The van der Waals surface area contributed by atoms with Crippen molar-refractivity contribution in [1.82, 2.24) is 34.7 Å². The summed E-state index contributed by atoms with van der Waals surface area (Å²) in [5.41, 5.74) is 4.41. The SMILES string of the molecule is COc1ccc(-c2nccn2CCn2cc(C)nn2)cc1-c1ccc(C)nn1. The van der Waals surface area contributed by atoms with E-state index in [0.29, 0.717) is 0 Å². The number of nitrogens with zero attached hydrogens (tertiary/aromatic N) is 7. The second kappa shape index (κ2) is 7.59. The van der Waals surface area contributed by atoms with Gasteiger partial charge in [-0.05, 0) is 44.2 Å². The molecule has 0 fully saturated rings. The van der Waals surface area contributed by atoms with Crippen LogP contribution in [0.4, 0.5) is 0 Å². The third-order valence-electron chi connectivity index (χ3n) is 4.47. The lowest BCUT2D eigenvalue weighted by molar-refractivity contribution is 0.416. The quantitative estimate of drug-likeness (QED) is 0.515. The van der Waals surface area contributed by atoms with Crippen LogP contribution in [0.2, 0.25) is 0 Å². The molecule has 3 aromatic heterocycles. The number of aryl methyl sites for hydroxylation is 4. The van der Waals surface area contributed by atoms with Crippen LogP contribution in [0.3, 0.4) is 0 Å². The lowest BCUT2D eigenvalue weighted by Gasteiger charge is -2.12. The van der Waals surface area contributed by atoms with Crippen molar-refractivity contribution >= 4 is 0 Å². The van der Waals surface area contributed by atoms with Crippen molar-refractivity contribution in [2.45, 2.75) is 26.9 Å². The first kappa shape index (κ1) is 17.8. The number of hydrogen-bond donors (Lipinski definition) is 0. The van der Waals surface area contributed by atoms with E-state index < -0.39 is 0 Å². The molecule has 0 saturated heterocycles. The van der Waals surface area contributed by atoms with Crippen LogP contribution in [0.25, 0.3) is 22.6 Å². The van der Waals surface area contributed by atoms with E-state index in [2.05, 4.69) is 30.1 Å². The van der Waals surface area contributed by atoms with Crippen molar-refractivity contribution in [1.29, 1.82) is 0 Å². The highest BCUT2D eigenvalue weighted by Crippen LogP contribution is 2.32. The van der Waals surface area contributed by atoms with E-state index in [9.17, 15) is 0 Å². The Labute approximate surface area is 162 Å². The minimum atomic E-state index is 0.719. The maximum atomic E-state index is 5.53. The molecule has 0 aliphatic carbocycles. The fraction of sp³-hybridized carbons (Fsp3) is 0.250. The van der Waals surface area contributed by atoms with Gasteiger partial charge >= 0.3 is 0 Å². The number of hydrogen-bond acceptors (Lipinski definition) is 6. The molecule has 142 valence electrons. The summed E-state index contributed by atoms with van der Waals surface area (Å²) in [4.78, 5) is 4.55. The Balaban J connectivity index is 1.65. The van der Waals surface area contributed by atoms with Crippen LogP contribution in [0.15, 0.2) is 48.9 Å². The molecule has 0 unspecified atom stereocenters. The molecule has 0 spiro atoms. The van der Waals surface area contributed by atoms with Gasteiger partial charge in [0.1, 0.15) is 11.6 Å². The molecule has 28 heavy (non-hydrogen) atoms. The topological polar surface area (TPSA) is 83.5 Å². The van der Waals surface area contributed by atoms with Gasteiger partial charge in [0.15, 0.2) is 0 Å². The Morgan fingerprint density at radius 1 is 0.964 bits per heavy atom. The summed E-state index contributed by atoms with van der Waals surface area (Å²) in [5, 5.41) is 16.6. The van der Waals surface area contributed by atoms with Gasteiger partial charge in [-0.2, -0.15) is 10.2 Å². The Kier molecular flexibility index (Phi) is 4.84. The molecule has 0 aliphatic heterocycles. The smallest absolute Gasteiger partial charge is 0.139 e. The number of benzene rings is 1. The van der Waals surface area contributed by atoms with E-state index in [1.54, 1.807) is 13.3 Å². The van der Waals surface area contributed by atoms with Crippen molar-refractivity contribution in [3.05, 3.63) is 60.3 Å². The Morgan fingerprint density at radius 3 is 2.57 bits per heavy atom. The molecule has 1 aromatic carbocycles. The maximum Gasteiger partial charge on any atom is 0.139 e. The Morgan fingerprint density at radius 2 is 1.86 bits per heavy atom. The van der Waals surface area contributed by atoms with E-state index in [-0.39, 0.29) is 0 Å². The fourth-order valence-corrected chi connectivity index (χ4v) is 3.05. The molecule has 0 N–H and O–H groups in total. The van der Waals surface area contributed by atoms with Gasteiger partial charge in [-0.3, -0.25) is 4.68 Å². The predicted octanol–water partition coefficient (Wildman–Crippen LogP) is 2.92. The lowest BCUT2D eigenvalue weighted by atomic mass is 10.1. The van der Waals surface area contributed by atoms with Gasteiger partial charge < -0.3 is 9.30 Å². The zero-order chi connectivity index (χ0) is 19.5. The molecular formula is C20H21N7O. The number of imidazole rings is 1. The van der Waals surface area contributed by atoms with Crippen LogP contribution in [-0.2, 0) is 13.1 Å². The Hall–Kier alpha value is -3.55. The first-order chi connectivity index (χ1) is 13.6. The Bertz CT molecular complexity index is 1080. The predicted molar refractivity (Wildman–Crippen MR) is 105 cm³/mol. The first-order valence-corrected chi connectivity index (χ1v) is 9.01. The largest absolute Gasteiger partial charge is 0.496 e. The van der Waals surface area contributed by atoms with Crippen LogP contribution in [0.5, 0.6) is 5.75 Å². The van der Waals surface area contributed by atoms with Gasteiger partial charge in [0.2, 0.25) is 0 Å². The highest BCUT2D eigenvalue weighted by molar-refractivity contribution is 5.73. The van der Waals surface area contributed by atoms with Crippen LogP contribution in [0, 0.1) is 13.8 Å². The molecule has 3 heterocycles. The number of methoxy groups -OCH3 is 1. The summed E-state index contributed by atoms with van der Waals surface area (Å²) in [6.07, 6.45) is 5.70. The average Bonchev–Trinajstić information content (AvgIpc) is 3.35. The minimum absolute atomic E-state index is 0.719. The van der Waals surface area contributed by atoms with E-state index >= 15 is 0 Å². The second-order valence-corrected chi connectivity index (χ2v) is 6.54. The molecule has 0 bridgehead atoms. The lowest BCUT2D eigenvalue weighted by Crippen LogP contribution is -2.08. The monoisotopic (exact) mass is 375 g/mol. The van der Waals surface area contributed by atoms with E-state index in [1.165, 1.54) is 0 Å². The van der Waals surface area contributed by atoms with Crippen LogP contribution >= 0.6 is 0 Å². The molecule has 0 radical (unpaired) electrons. The molecule has 4 rings (SSSR count). The van der Waals surface area contributed by atoms with Crippen LogP contribution in [0.1, 0.15) is 11.4 Å². The summed E-state index contributed by atoms with van der Waals surface area (Å²) in [7, 11) is 1.65. The molecule has 0 aliphatic rings. The van der Waals surface area contributed by atoms with Crippen molar-refractivity contribution in [2.24, 2.45) is 0 Å². The summed E-state index contributed by atoms with van der Waals surface area (Å²) >= 11 is 0. The van der Waals surface area contributed by atoms with Gasteiger partial charge in [0, 0.05) is 36.3 Å². The summed E-state index contributed by atoms with van der Waals surface area (Å²) in [6, 6.07) is 9.87. The second-order valence-electron chi connectivity index (χ2n) is 6.54. The number of ether oxygens (including phenoxy) is 1. The molecule has 4 aromatic rings. The fourth-order valence-electron chi connectivity index (χ4n) is 3.05. The third-order valence-corrected chi connectivity index (χ3v) is 4.47. The van der Waals surface area contributed by atoms with Crippen molar-refractivity contribution < 1.29 is 4.74 Å². The normalized spacial score (nSPS) is 11.0. The van der Waals surface area contributed by atoms with E-state index in [1.807, 2.05) is 61.3 Å². The zero-order valence-corrected chi connectivity index (χ0v) is 16.1. The summed E-state index contributed by atoms with van der Waals surface area (Å²) < 4.78 is 9.46. The minimum Gasteiger partial charge on any atom is -0.496 e. The standard InChI is InChI=1S/C20H21N7O/c1-14-4-6-18(24-22-14)17-12-16(5-7-19(17)28-3)20-21-8-9-26(20)10-11-27-13-15(2)23-25-27/h4-9,12-13H,10-11H2,1-3H3. The molecule has 0 atom stereocenters. The van der Waals surface area contributed by atoms with Crippen molar-refractivity contribution in [3.63, 3.8) is 0 Å². The summed E-state index contributed by atoms with van der Waals surface area (Å²) in [5.74, 6) is 1.62. The van der Waals surface area contributed by atoms with E-state index in [0.717, 1.165) is 52.9 Å². The maximum absolute atomic E-state index is 5.53. The third kappa shape index (κ3) is 3.62. The number of aromatic nitrogens is 7. The molecule has 8 nitrogen and oxygen atoms in total. The van der Waals surface area contributed by atoms with E-state index in [4.69, 9.17) is 4.74 Å². The molecule has 0 amide bonds. The molecule has 8 heteroatoms. The summed E-state index contributed by atoms with van der Waals surface area (Å²) in [6.45, 7) is 5.30. The van der Waals surface area contributed by atoms with Crippen molar-refractivity contribution in [3.8, 4) is 28.4 Å². The average molecular weight is 375 g/mol. The highest BCUT2D eigenvalue weighted by Gasteiger charge is 2.13.